The third-order valence-electron chi connectivity index (χ3n) is 4.56. The van der Waals surface area contributed by atoms with E-state index in [2.05, 4.69) is 4.72 Å². The molecule has 2 aromatic carbocycles. The number of carbonyl (C=O) groups excluding carboxylic acids is 1. The number of hydrogen-bond donors (Lipinski definition) is 1. The summed E-state index contributed by atoms with van der Waals surface area (Å²) in [5.41, 5.74) is 0.688. The third kappa shape index (κ3) is 3.60. The quantitative estimate of drug-likeness (QED) is 0.840. The Morgan fingerprint density at radius 2 is 1.85 bits per heavy atom. The zero-order valence-electron chi connectivity index (χ0n) is 14.2. The standard InChI is InChI=1S/C18H17FN2O5S/c19-13-1-4-15(5-2-13)27(23,24)20-9-12-7-18(22)21(10-12)14-3-6-16-17(8-14)26-11-25-16/h1-6,8,12,20H,7,9-11H2/t12-/m1/s1. The molecule has 1 saturated heterocycles. The maximum atomic E-state index is 13.0. The molecule has 27 heavy (non-hydrogen) atoms. The van der Waals surface area contributed by atoms with Crippen LogP contribution in [-0.2, 0) is 14.8 Å². The summed E-state index contributed by atoms with van der Waals surface area (Å²) in [6, 6.07) is 9.86. The van der Waals surface area contributed by atoms with Gasteiger partial charge in [-0.1, -0.05) is 0 Å². The number of anilines is 1. The Kier molecular flexibility index (Phi) is 4.48. The maximum Gasteiger partial charge on any atom is 0.240 e. The minimum Gasteiger partial charge on any atom is -0.454 e. The fourth-order valence-corrected chi connectivity index (χ4v) is 4.26. The average Bonchev–Trinajstić information content (AvgIpc) is 3.26. The minimum absolute atomic E-state index is 0.0131. The summed E-state index contributed by atoms with van der Waals surface area (Å²) in [7, 11) is -3.76. The van der Waals surface area contributed by atoms with Crippen LogP contribution >= 0.6 is 0 Å². The van der Waals surface area contributed by atoms with Crippen molar-refractivity contribution in [2.45, 2.75) is 11.3 Å². The molecule has 4 rings (SSSR count). The molecular weight excluding hydrogens is 375 g/mol. The van der Waals surface area contributed by atoms with Gasteiger partial charge in [-0.05, 0) is 42.3 Å². The summed E-state index contributed by atoms with van der Waals surface area (Å²) in [6.07, 6.45) is 0.236. The summed E-state index contributed by atoms with van der Waals surface area (Å²) in [4.78, 5) is 13.9. The van der Waals surface area contributed by atoms with E-state index in [1.165, 1.54) is 12.1 Å². The zero-order chi connectivity index (χ0) is 19.0. The molecule has 7 nitrogen and oxygen atoms in total. The van der Waals surface area contributed by atoms with Crippen LogP contribution in [0.15, 0.2) is 47.4 Å². The van der Waals surface area contributed by atoms with Gasteiger partial charge < -0.3 is 14.4 Å². The second kappa shape index (κ2) is 6.82. The minimum atomic E-state index is -3.76. The van der Waals surface area contributed by atoms with Crippen molar-refractivity contribution in [3.8, 4) is 11.5 Å². The van der Waals surface area contributed by atoms with Crippen molar-refractivity contribution in [2.24, 2.45) is 5.92 Å². The summed E-state index contributed by atoms with van der Waals surface area (Å²) in [5.74, 6) is 0.461. The van der Waals surface area contributed by atoms with Crippen LogP contribution in [0.1, 0.15) is 6.42 Å². The molecule has 0 bridgehead atoms. The van der Waals surface area contributed by atoms with Crippen LogP contribution in [0.2, 0.25) is 0 Å². The normalized spacial score (nSPS) is 18.9. The molecule has 2 aliphatic heterocycles. The van der Waals surface area contributed by atoms with Gasteiger partial charge in [0.2, 0.25) is 22.7 Å². The van der Waals surface area contributed by atoms with Gasteiger partial charge in [0.25, 0.3) is 0 Å². The molecule has 2 aliphatic rings. The van der Waals surface area contributed by atoms with Crippen molar-refractivity contribution >= 4 is 21.6 Å². The van der Waals surface area contributed by atoms with Gasteiger partial charge in [-0.2, -0.15) is 0 Å². The molecule has 0 radical (unpaired) electrons. The van der Waals surface area contributed by atoms with E-state index in [0.29, 0.717) is 23.7 Å². The lowest BCUT2D eigenvalue weighted by molar-refractivity contribution is -0.117. The van der Waals surface area contributed by atoms with Crippen molar-refractivity contribution in [1.82, 2.24) is 4.72 Å². The van der Waals surface area contributed by atoms with Crippen LogP contribution in [-0.4, -0.2) is 34.2 Å². The second-order valence-corrected chi connectivity index (χ2v) is 8.18. The number of nitrogens with one attached hydrogen (secondary N) is 1. The smallest absolute Gasteiger partial charge is 0.240 e. The van der Waals surface area contributed by atoms with E-state index in [1.54, 1.807) is 23.1 Å². The van der Waals surface area contributed by atoms with Gasteiger partial charge in [0.1, 0.15) is 5.82 Å². The fourth-order valence-electron chi connectivity index (χ4n) is 3.15. The Bertz CT molecular complexity index is 978. The van der Waals surface area contributed by atoms with Gasteiger partial charge in [0, 0.05) is 31.3 Å². The molecule has 142 valence electrons. The Morgan fingerprint density at radius 3 is 2.63 bits per heavy atom. The highest BCUT2D eigenvalue weighted by Gasteiger charge is 2.32. The van der Waals surface area contributed by atoms with Gasteiger partial charge in [0.05, 0.1) is 4.90 Å². The van der Waals surface area contributed by atoms with Gasteiger partial charge in [-0.3, -0.25) is 4.79 Å². The molecule has 2 heterocycles. The Labute approximate surface area is 155 Å². The van der Waals surface area contributed by atoms with Gasteiger partial charge in [-0.25, -0.2) is 17.5 Å². The number of ether oxygens (including phenoxy) is 2. The van der Waals surface area contributed by atoms with Gasteiger partial charge in [0.15, 0.2) is 11.5 Å². The highest BCUT2D eigenvalue weighted by molar-refractivity contribution is 7.89. The van der Waals surface area contributed by atoms with Crippen molar-refractivity contribution in [2.75, 3.05) is 24.8 Å². The average molecular weight is 392 g/mol. The lowest BCUT2D eigenvalue weighted by atomic mass is 10.1. The molecule has 9 heteroatoms. The lowest BCUT2D eigenvalue weighted by Crippen LogP contribution is -2.31. The van der Waals surface area contributed by atoms with Crippen LogP contribution in [0.3, 0.4) is 0 Å². The van der Waals surface area contributed by atoms with E-state index in [4.69, 9.17) is 9.47 Å². The molecule has 1 fully saturated rings. The first-order chi connectivity index (χ1) is 12.9. The van der Waals surface area contributed by atoms with Crippen LogP contribution in [0.25, 0.3) is 0 Å². The monoisotopic (exact) mass is 392 g/mol. The zero-order valence-corrected chi connectivity index (χ0v) is 15.0. The highest BCUT2D eigenvalue weighted by Crippen LogP contribution is 2.37. The van der Waals surface area contributed by atoms with Crippen LogP contribution in [0.5, 0.6) is 11.5 Å². The van der Waals surface area contributed by atoms with E-state index in [0.717, 1.165) is 12.1 Å². The molecule has 0 spiro atoms. The van der Waals surface area contributed by atoms with E-state index in [-0.39, 0.29) is 36.5 Å². The summed E-state index contributed by atoms with van der Waals surface area (Å²) in [6.45, 7) is 0.664. The first-order valence-electron chi connectivity index (χ1n) is 8.37. The van der Waals surface area contributed by atoms with Crippen LogP contribution < -0.4 is 19.1 Å². The van der Waals surface area contributed by atoms with Crippen molar-refractivity contribution < 1.29 is 27.1 Å². The lowest BCUT2D eigenvalue weighted by Gasteiger charge is -2.17. The van der Waals surface area contributed by atoms with Gasteiger partial charge in [-0.15, -0.1) is 0 Å². The number of sulfonamides is 1. The Morgan fingerprint density at radius 1 is 1.11 bits per heavy atom. The van der Waals surface area contributed by atoms with E-state index in [9.17, 15) is 17.6 Å². The summed E-state index contributed by atoms with van der Waals surface area (Å²) >= 11 is 0. The van der Waals surface area contributed by atoms with E-state index in [1.807, 2.05) is 0 Å². The Hall–Kier alpha value is -2.65. The SMILES string of the molecule is O=C1C[C@H](CNS(=O)(=O)c2ccc(F)cc2)CN1c1ccc2c(c1)OCO2. The molecule has 1 atom stereocenters. The molecule has 0 aliphatic carbocycles. The van der Waals surface area contributed by atoms with E-state index >= 15 is 0 Å². The number of carbonyl (C=O) groups is 1. The molecule has 0 unspecified atom stereocenters. The molecule has 0 aromatic heterocycles. The largest absolute Gasteiger partial charge is 0.454 e. The molecule has 1 N–H and O–H groups in total. The highest BCUT2D eigenvalue weighted by atomic mass is 32.2. The Balaban J connectivity index is 1.41. The van der Waals surface area contributed by atoms with Crippen molar-refractivity contribution in [3.63, 3.8) is 0 Å². The first-order valence-corrected chi connectivity index (χ1v) is 9.86. The van der Waals surface area contributed by atoms with Gasteiger partial charge >= 0.3 is 0 Å². The topological polar surface area (TPSA) is 84.9 Å². The van der Waals surface area contributed by atoms with Crippen molar-refractivity contribution in [1.29, 1.82) is 0 Å². The van der Waals surface area contributed by atoms with E-state index < -0.39 is 15.8 Å². The maximum absolute atomic E-state index is 13.0. The number of nitrogens with zero attached hydrogens (tertiary/aromatic N) is 1. The van der Waals surface area contributed by atoms with Crippen LogP contribution in [0, 0.1) is 11.7 Å². The molecule has 2 aromatic rings. The number of benzene rings is 2. The summed E-state index contributed by atoms with van der Waals surface area (Å²) < 4.78 is 50.7. The predicted molar refractivity (Wildman–Crippen MR) is 94.6 cm³/mol. The fraction of sp³-hybridized carbons (Fsp3) is 0.278. The first kappa shape index (κ1) is 17.7. The molecule has 1 amide bonds. The molecular formula is C18H17FN2O5S. The number of fused-ring (bicyclic) bond motifs is 1. The number of amides is 1. The number of rotatable bonds is 5. The molecule has 0 saturated carbocycles. The van der Waals surface area contributed by atoms with Crippen LogP contribution in [0.4, 0.5) is 10.1 Å². The second-order valence-electron chi connectivity index (χ2n) is 6.42. The van der Waals surface area contributed by atoms with Crippen molar-refractivity contribution in [3.05, 3.63) is 48.3 Å². The third-order valence-corrected chi connectivity index (χ3v) is 6.00. The predicted octanol–water partition coefficient (Wildman–Crippen LogP) is 1.89. The summed E-state index contributed by atoms with van der Waals surface area (Å²) in [5, 5.41) is 0. The number of halogens is 1. The number of hydrogen-bond acceptors (Lipinski definition) is 5.